The summed E-state index contributed by atoms with van der Waals surface area (Å²) in [5.74, 6) is 0.0250. The third kappa shape index (κ3) is 3.64. The maximum atomic E-state index is 12.3. The van der Waals surface area contributed by atoms with Crippen molar-refractivity contribution in [3.05, 3.63) is 72.2 Å². The molecule has 0 fully saturated rings. The molecule has 0 aliphatic carbocycles. The minimum atomic E-state index is -0.332. The van der Waals surface area contributed by atoms with Crippen molar-refractivity contribution in [3.8, 4) is 11.4 Å². The Kier molecular flexibility index (Phi) is 4.63. The van der Waals surface area contributed by atoms with Crippen molar-refractivity contribution in [2.45, 2.75) is 6.92 Å². The standard InChI is InChI=1S/C21H19N5O2/c1-13-11-22-20(24-13)15-7-3-5-9-17(15)26-19(27)12-23-21(28)18-10-14-6-2-4-8-16(14)25-18/h2-11,25H,12H2,1H3,(H,22,24)(H,23,28)(H,26,27). The van der Waals surface area contributed by atoms with Gasteiger partial charge >= 0.3 is 0 Å². The zero-order valence-electron chi connectivity index (χ0n) is 15.2. The van der Waals surface area contributed by atoms with Gasteiger partial charge in [-0.05, 0) is 31.2 Å². The number of amides is 2. The van der Waals surface area contributed by atoms with Gasteiger partial charge in [0.15, 0.2) is 0 Å². The van der Waals surface area contributed by atoms with E-state index in [2.05, 4.69) is 25.6 Å². The number of para-hydroxylation sites is 2. The van der Waals surface area contributed by atoms with Crippen LogP contribution in [0.5, 0.6) is 0 Å². The van der Waals surface area contributed by atoms with Gasteiger partial charge in [-0.2, -0.15) is 0 Å². The fourth-order valence-corrected chi connectivity index (χ4v) is 2.99. The highest BCUT2D eigenvalue weighted by atomic mass is 16.2. The summed E-state index contributed by atoms with van der Waals surface area (Å²) < 4.78 is 0. The Hall–Kier alpha value is -3.87. The van der Waals surface area contributed by atoms with Gasteiger partial charge in [-0.15, -0.1) is 0 Å². The molecule has 0 atom stereocenters. The fraction of sp³-hybridized carbons (Fsp3) is 0.0952. The average Bonchev–Trinajstić information content (AvgIpc) is 3.32. The number of aromatic nitrogens is 3. The van der Waals surface area contributed by atoms with E-state index in [1.165, 1.54) is 0 Å². The molecule has 2 aromatic heterocycles. The highest BCUT2D eigenvalue weighted by Crippen LogP contribution is 2.25. The first-order valence-electron chi connectivity index (χ1n) is 8.87. The smallest absolute Gasteiger partial charge is 0.268 e. The molecular weight excluding hydrogens is 354 g/mol. The number of hydrogen-bond acceptors (Lipinski definition) is 3. The zero-order valence-corrected chi connectivity index (χ0v) is 15.2. The summed E-state index contributed by atoms with van der Waals surface area (Å²) in [4.78, 5) is 35.2. The summed E-state index contributed by atoms with van der Waals surface area (Å²) in [6.45, 7) is 1.77. The average molecular weight is 373 g/mol. The molecule has 4 aromatic rings. The van der Waals surface area contributed by atoms with Gasteiger partial charge < -0.3 is 20.6 Å². The summed E-state index contributed by atoms with van der Waals surface area (Å²) in [5.41, 5.74) is 3.63. The Bertz CT molecular complexity index is 1130. The third-order valence-corrected chi connectivity index (χ3v) is 4.34. The minimum absolute atomic E-state index is 0.139. The molecule has 140 valence electrons. The Labute approximate surface area is 161 Å². The molecule has 2 heterocycles. The molecule has 28 heavy (non-hydrogen) atoms. The van der Waals surface area contributed by atoms with Gasteiger partial charge in [-0.25, -0.2) is 4.98 Å². The summed E-state index contributed by atoms with van der Waals surface area (Å²) in [6.07, 6.45) is 1.73. The van der Waals surface area contributed by atoms with Crippen molar-refractivity contribution >= 4 is 28.4 Å². The topological polar surface area (TPSA) is 103 Å². The predicted octanol–water partition coefficient (Wildman–Crippen LogP) is 3.23. The minimum Gasteiger partial charge on any atom is -0.351 e. The molecule has 0 radical (unpaired) electrons. The van der Waals surface area contributed by atoms with E-state index in [1.807, 2.05) is 49.4 Å². The number of H-pyrrole nitrogens is 2. The summed E-state index contributed by atoms with van der Waals surface area (Å²) in [7, 11) is 0. The molecule has 4 rings (SSSR count). The van der Waals surface area contributed by atoms with E-state index in [4.69, 9.17) is 0 Å². The van der Waals surface area contributed by atoms with E-state index < -0.39 is 0 Å². The predicted molar refractivity (Wildman–Crippen MR) is 108 cm³/mol. The van der Waals surface area contributed by atoms with Crippen LogP contribution in [-0.4, -0.2) is 33.3 Å². The van der Waals surface area contributed by atoms with Gasteiger partial charge in [-0.1, -0.05) is 30.3 Å². The number of hydrogen-bond donors (Lipinski definition) is 4. The first-order chi connectivity index (χ1) is 13.6. The zero-order chi connectivity index (χ0) is 19.5. The van der Waals surface area contributed by atoms with Crippen LogP contribution in [0.15, 0.2) is 60.8 Å². The van der Waals surface area contributed by atoms with Crippen molar-refractivity contribution in [1.82, 2.24) is 20.3 Å². The maximum absolute atomic E-state index is 12.3. The quantitative estimate of drug-likeness (QED) is 0.432. The van der Waals surface area contributed by atoms with E-state index in [0.29, 0.717) is 17.2 Å². The lowest BCUT2D eigenvalue weighted by Crippen LogP contribution is -2.33. The number of rotatable bonds is 5. The molecule has 2 amide bonds. The number of imidazole rings is 1. The lowest BCUT2D eigenvalue weighted by molar-refractivity contribution is -0.115. The molecule has 0 saturated carbocycles. The Morgan fingerprint density at radius 2 is 1.82 bits per heavy atom. The Balaban J connectivity index is 1.42. The number of nitrogens with zero attached hydrogens (tertiary/aromatic N) is 1. The van der Waals surface area contributed by atoms with Gasteiger partial charge in [0.25, 0.3) is 5.91 Å². The molecule has 0 aliphatic heterocycles. The summed E-state index contributed by atoms with van der Waals surface area (Å²) in [5, 5.41) is 6.41. The Morgan fingerprint density at radius 1 is 1.04 bits per heavy atom. The van der Waals surface area contributed by atoms with Crippen LogP contribution in [0.4, 0.5) is 5.69 Å². The molecule has 2 aromatic carbocycles. The summed E-state index contributed by atoms with van der Waals surface area (Å²) >= 11 is 0. The van der Waals surface area contributed by atoms with Crippen molar-refractivity contribution in [2.75, 3.05) is 11.9 Å². The molecule has 0 saturated heterocycles. The molecule has 0 bridgehead atoms. The van der Waals surface area contributed by atoms with Crippen molar-refractivity contribution in [2.24, 2.45) is 0 Å². The fourth-order valence-electron chi connectivity index (χ4n) is 2.99. The number of benzene rings is 2. The van der Waals surface area contributed by atoms with Crippen LogP contribution in [0.25, 0.3) is 22.3 Å². The normalized spacial score (nSPS) is 10.8. The number of fused-ring (bicyclic) bond motifs is 1. The molecule has 7 nitrogen and oxygen atoms in total. The van der Waals surface area contributed by atoms with Gasteiger partial charge in [0.1, 0.15) is 11.5 Å². The van der Waals surface area contributed by atoms with E-state index in [9.17, 15) is 9.59 Å². The molecule has 4 N–H and O–H groups in total. The second-order valence-electron chi connectivity index (χ2n) is 6.46. The van der Waals surface area contributed by atoms with Crippen LogP contribution in [0, 0.1) is 6.92 Å². The van der Waals surface area contributed by atoms with Crippen LogP contribution in [-0.2, 0) is 4.79 Å². The van der Waals surface area contributed by atoms with E-state index in [1.54, 1.807) is 18.3 Å². The molecular formula is C21H19N5O2. The van der Waals surface area contributed by atoms with E-state index >= 15 is 0 Å². The largest absolute Gasteiger partial charge is 0.351 e. The summed E-state index contributed by atoms with van der Waals surface area (Å²) in [6, 6.07) is 16.8. The number of carbonyl (C=O) groups is 2. The lowest BCUT2D eigenvalue weighted by Gasteiger charge is -2.10. The Morgan fingerprint density at radius 3 is 2.61 bits per heavy atom. The second-order valence-corrected chi connectivity index (χ2v) is 6.46. The number of anilines is 1. The monoisotopic (exact) mass is 373 g/mol. The molecule has 0 spiro atoms. The van der Waals surface area contributed by atoms with E-state index in [0.717, 1.165) is 22.2 Å². The number of nitrogens with one attached hydrogen (secondary N) is 4. The molecule has 7 heteroatoms. The highest BCUT2D eigenvalue weighted by Gasteiger charge is 2.13. The van der Waals surface area contributed by atoms with Gasteiger partial charge in [-0.3, -0.25) is 9.59 Å². The van der Waals surface area contributed by atoms with Crippen LogP contribution < -0.4 is 10.6 Å². The maximum Gasteiger partial charge on any atom is 0.268 e. The third-order valence-electron chi connectivity index (χ3n) is 4.34. The SMILES string of the molecule is Cc1cnc(-c2ccccc2NC(=O)CNC(=O)c2cc3ccccc3[nH]2)[nH]1. The van der Waals surface area contributed by atoms with Crippen LogP contribution >= 0.6 is 0 Å². The second kappa shape index (κ2) is 7.40. The van der Waals surface area contributed by atoms with Crippen molar-refractivity contribution < 1.29 is 9.59 Å². The van der Waals surface area contributed by atoms with Gasteiger partial charge in [0, 0.05) is 28.4 Å². The van der Waals surface area contributed by atoms with Gasteiger partial charge in [0.05, 0.1) is 12.2 Å². The van der Waals surface area contributed by atoms with Crippen LogP contribution in [0.3, 0.4) is 0 Å². The number of aryl methyl sites for hydroxylation is 1. The highest BCUT2D eigenvalue weighted by molar-refractivity contribution is 6.02. The van der Waals surface area contributed by atoms with Crippen molar-refractivity contribution in [3.63, 3.8) is 0 Å². The molecule has 0 unspecified atom stereocenters. The molecule has 0 aliphatic rings. The number of carbonyl (C=O) groups excluding carboxylic acids is 2. The first-order valence-corrected chi connectivity index (χ1v) is 8.87. The van der Waals surface area contributed by atoms with Crippen LogP contribution in [0.1, 0.15) is 16.2 Å². The van der Waals surface area contributed by atoms with E-state index in [-0.39, 0.29) is 18.4 Å². The van der Waals surface area contributed by atoms with Crippen molar-refractivity contribution in [1.29, 1.82) is 0 Å². The first kappa shape index (κ1) is 17.5. The lowest BCUT2D eigenvalue weighted by atomic mass is 10.1. The van der Waals surface area contributed by atoms with Gasteiger partial charge in [0.2, 0.25) is 5.91 Å². The number of aromatic amines is 2. The van der Waals surface area contributed by atoms with Crippen LogP contribution in [0.2, 0.25) is 0 Å².